The van der Waals surface area contributed by atoms with Crippen LogP contribution in [0.15, 0.2) is 24.3 Å². The van der Waals surface area contributed by atoms with E-state index in [0.29, 0.717) is 0 Å². The number of aryl methyl sites for hydroxylation is 2. The van der Waals surface area contributed by atoms with E-state index >= 15 is 0 Å². The van der Waals surface area contributed by atoms with Gasteiger partial charge in [0.25, 0.3) is 0 Å². The Morgan fingerprint density at radius 3 is 2.73 bits per heavy atom. The molecule has 1 aliphatic carbocycles. The molecule has 1 N–H and O–H groups in total. The van der Waals surface area contributed by atoms with E-state index in [9.17, 15) is 5.11 Å². The SMILES string of the molecule is N#C/C=C(\O)c1ccc2c(c1)CCCC2. The first-order chi connectivity index (χ1) is 7.31. The Bertz CT molecular complexity index is 440. The molecule has 0 atom stereocenters. The molecule has 0 aromatic heterocycles. The van der Waals surface area contributed by atoms with Crippen molar-refractivity contribution in [3.8, 4) is 6.07 Å². The van der Waals surface area contributed by atoms with Gasteiger partial charge in [0.15, 0.2) is 0 Å². The summed E-state index contributed by atoms with van der Waals surface area (Å²) in [7, 11) is 0. The number of hydrogen-bond acceptors (Lipinski definition) is 2. The van der Waals surface area contributed by atoms with Crippen molar-refractivity contribution < 1.29 is 5.11 Å². The van der Waals surface area contributed by atoms with Crippen molar-refractivity contribution in [1.82, 2.24) is 0 Å². The number of benzene rings is 1. The summed E-state index contributed by atoms with van der Waals surface area (Å²) in [5, 5.41) is 18.0. The van der Waals surface area contributed by atoms with Crippen LogP contribution >= 0.6 is 0 Å². The van der Waals surface area contributed by atoms with Gasteiger partial charge in [-0.05, 0) is 42.9 Å². The molecule has 0 bridgehead atoms. The molecule has 0 spiro atoms. The molecule has 0 unspecified atom stereocenters. The van der Waals surface area contributed by atoms with Crippen LogP contribution in [-0.2, 0) is 12.8 Å². The first-order valence-corrected chi connectivity index (χ1v) is 5.22. The van der Waals surface area contributed by atoms with Crippen LogP contribution in [0.4, 0.5) is 0 Å². The lowest BCUT2D eigenvalue weighted by Crippen LogP contribution is -2.02. The number of allylic oxidation sites excluding steroid dienone is 1. The van der Waals surface area contributed by atoms with E-state index in [1.54, 1.807) is 0 Å². The second kappa shape index (κ2) is 4.18. The van der Waals surface area contributed by atoms with Crippen LogP contribution in [-0.4, -0.2) is 5.11 Å². The van der Waals surface area contributed by atoms with Gasteiger partial charge in [-0.2, -0.15) is 5.26 Å². The van der Waals surface area contributed by atoms with Crippen molar-refractivity contribution in [2.45, 2.75) is 25.7 Å². The highest BCUT2D eigenvalue weighted by Gasteiger charge is 2.10. The van der Waals surface area contributed by atoms with E-state index in [1.807, 2.05) is 18.2 Å². The van der Waals surface area contributed by atoms with Crippen molar-refractivity contribution in [3.63, 3.8) is 0 Å². The predicted molar refractivity (Wildman–Crippen MR) is 59.3 cm³/mol. The zero-order valence-corrected chi connectivity index (χ0v) is 8.53. The fourth-order valence-electron chi connectivity index (χ4n) is 2.04. The third-order valence-corrected chi connectivity index (χ3v) is 2.85. The molecule has 0 fully saturated rings. The van der Waals surface area contributed by atoms with Crippen molar-refractivity contribution >= 4 is 5.76 Å². The Hall–Kier alpha value is -1.75. The van der Waals surface area contributed by atoms with Gasteiger partial charge >= 0.3 is 0 Å². The molecule has 15 heavy (non-hydrogen) atoms. The molecular formula is C13H13NO. The molecule has 2 rings (SSSR count). The van der Waals surface area contributed by atoms with E-state index in [1.165, 1.54) is 30.0 Å². The molecule has 0 amide bonds. The molecule has 0 aliphatic heterocycles. The number of aliphatic hydroxyl groups is 1. The molecule has 2 heteroatoms. The van der Waals surface area contributed by atoms with Crippen molar-refractivity contribution in [2.75, 3.05) is 0 Å². The summed E-state index contributed by atoms with van der Waals surface area (Å²) in [6, 6.07) is 7.77. The number of nitrogens with zero attached hydrogens (tertiary/aromatic N) is 1. The van der Waals surface area contributed by atoms with E-state index in [-0.39, 0.29) is 5.76 Å². The quantitative estimate of drug-likeness (QED) is 0.558. The summed E-state index contributed by atoms with van der Waals surface area (Å²) in [6.45, 7) is 0. The minimum Gasteiger partial charge on any atom is -0.507 e. The Morgan fingerprint density at radius 1 is 1.27 bits per heavy atom. The highest BCUT2D eigenvalue weighted by molar-refractivity contribution is 5.62. The monoisotopic (exact) mass is 199 g/mol. The number of fused-ring (bicyclic) bond motifs is 1. The van der Waals surface area contributed by atoms with Gasteiger partial charge in [0, 0.05) is 5.56 Å². The zero-order valence-electron chi connectivity index (χ0n) is 8.53. The molecule has 1 aromatic carbocycles. The second-order valence-electron chi connectivity index (χ2n) is 3.85. The number of aliphatic hydroxyl groups excluding tert-OH is 1. The normalized spacial score (nSPS) is 15.5. The molecule has 76 valence electrons. The van der Waals surface area contributed by atoms with E-state index in [2.05, 4.69) is 6.07 Å². The van der Waals surface area contributed by atoms with Gasteiger partial charge in [0.2, 0.25) is 0 Å². The van der Waals surface area contributed by atoms with Crippen LogP contribution in [0.25, 0.3) is 5.76 Å². The highest BCUT2D eigenvalue weighted by atomic mass is 16.3. The summed E-state index contributed by atoms with van der Waals surface area (Å²) < 4.78 is 0. The maximum absolute atomic E-state index is 9.56. The number of rotatable bonds is 1. The topological polar surface area (TPSA) is 44.0 Å². The third-order valence-electron chi connectivity index (χ3n) is 2.85. The lowest BCUT2D eigenvalue weighted by Gasteiger charge is -2.16. The summed E-state index contributed by atoms with van der Waals surface area (Å²) in [4.78, 5) is 0. The van der Waals surface area contributed by atoms with Crippen molar-refractivity contribution in [2.24, 2.45) is 0 Å². The molecular weight excluding hydrogens is 186 g/mol. The van der Waals surface area contributed by atoms with Gasteiger partial charge in [-0.3, -0.25) is 0 Å². The second-order valence-corrected chi connectivity index (χ2v) is 3.85. The van der Waals surface area contributed by atoms with Crippen LogP contribution in [0.3, 0.4) is 0 Å². The van der Waals surface area contributed by atoms with Gasteiger partial charge < -0.3 is 5.11 Å². The smallest absolute Gasteiger partial charge is 0.133 e. The molecule has 2 nitrogen and oxygen atoms in total. The standard InChI is InChI=1S/C13H13NO/c14-8-7-13(15)12-6-5-10-3-1-2-4-11(10)9-12/h5-7,9,15H,1-4H2/b13-7-. The molecule has 0 heterocycles. The van der Waals surface area contributed by atoms with Crippen LogP contribution in [0.5, 0.6) is 0 Å². The average Bonchev–Trinajstić information content (AvgIpc) is 2.29. The Morgan fingerprint density at radius 2 is 2.00 bits per heavy atom. The fraction of sp³-hybridized carbons (Fsp3) is 0.308. The van der Waals surface area contributed by atoms with Crippen LogP contribution in [0.1, 0.15) is 29.5 Å². The fourth-order valence-corrected chi connectivity index (χ4v) is 2.04. The Kier molecular flexibility index (Phi) is 2.73. The first-order valence-electron chi connectivity index (χ1n) is 5.22. The maximum atomic E-state index is 9.56. The maximum Gasteiger partial charge on any atom is 0.133 e. The van der Waals surface area contributed by atoms with Crippen LogP contribution < -0.4 is 0 Å². The van der Waals surface area contributed by atoms with Gasteiger partial charge in [0.05, 0.1) is 12.1 Å². The lowest BCUT2D eigenvalue weighted by molar-refractivity contribution is 0.512. The van der Waals surface area contributed by atoms with Crippen molar-refractivity contribution in [3.05, 3.63) is 41.0 Å². The summed E-state index contributed by atoms with van der Waals surface area (Å²) in [5.74, 6) is 0.0610. The van der Waals surface area contributed by atoms with E-state index < -0.39 is 0 Å². The van der Waals surface area contributed by atoms with E-state index in [4.69, 9.17) is 5.26 Å². The number of hydrogen-bond donors (Lipinski definition) is 1. The zero-order chi connectivity index (χ0) is 10.7. The van der Waals surface area contributed by atoms with Crippen LogP contribution in [0, 0.1) is 11.3 Å². The highest BCUT2D eigenvalue weighted by Crippen LogP contribution is 2.24. The number of nitriles is 1. The molecule has 1 aromatic rings. The van der Waals surface area contributed by atoms with Crippen molar-refractivity contribution in [1.29, 1.82) is 5.26 Å². The molecule has 0 saturated carbocycles. The largest absolute Gasteiger partial charge is 0.507 e. The summed E-state index contributed by atoms with van der Waals surface area (Å²) in [6.07, 6.45) is 5.87. The minimum atomic E-state index is 0.0610. The molecule has 1 aliphatic rings. The molecule has 0 saturated heterocycles. The van der Waals surface area contributed by atoms with Gasteiger partial charge in [-0.1, -0.05) is 12.1 Å². The predicted octanol–water partition coefficient (Wildman–Crippen LogP) is 2.99. The summed E-state index contributed by atoms with van der Waals surface area (Å²) >= 11 is 0. The Labute approximate surface area is 89.5 Å². The average molecular weight is 199 g/mol. The lowest BCUT2D eigenvalue weighted by atomic mass is 9.90. The third kappa shape index (κ3) is 2.02. The van der Waals surface area contributed by atoms with E-state index in [0.717, 1.165) is 18.4 Å². The van der Waals surface area contributed by atoms with Gasteiger partial charge in [-0.15, -0.1) is 0 Å². The first kappa shape index (κ1) is 9.79. The van der Waals surface area contributed by atoms with Gasteiger partial charge in [-0.25, -0.2) is 0 Å². The van der Waals surface area contributed by atoms with Crippen LogP contribution in [0.2, 0.25) is 0 Å². The Balaban J connectivity index is 2.37. The van der Waals surface area contributed by atoms with Gasteiger partial charge in [0.1, 0.15) is 5.76 Å². The molecule has 0 radical (unpaired) electrons. The minimum absolute atomic E-state index is 0.0610. The summed E-state index contributed by atoms with van der Waals surface area (Å²) in [5.41, 5.74) is 3.45.